The minimum atomic E-state index is -0.403. The van der Waals surface area contributed by atoms with E-state index < -0.39 is 5.41 Å². The van der Waals surface area contributed by atoms with E-state index in [4.69, 9.17) is 4.42 Å². The molecule has 0 saturated heterocycles. The summed E-state index contributed by atoms with van der Waals surface area (Å²) in [6, 6.07) is 173. The van der Waals surface area contributed by atoms with Crippen molar-refractivity contribution in [3.63, 3.8) is 0 Å². The van der Waals surface area contributed by atoms with Crippen molar-refractivity contribution in [1.29, 1.82) is 0 Å². The van der Waals surface area contributed by atoms with E-state index >= 15 is 0 Å². The summed E-state index contributed by atoms with van der Waals surface area (Å²) >= 11 is 9.39. The highest BCUT2D eigenvalue weighted by Gasteiger charge is 2.54. The van der Waals surface area contributed by atoms with Gasteiger partial charge in [-0.05, 0) is 237 Å². The third kappa shape index (κ3) is 12.4. The lowest BCUT2D eigenvalue weighted by Crippen LogP contribution is -2.32. The Morgan fingerprint density at radius 1 is 0.181 bits per heavy atom. The maximum absolute atomic E-state index is 6.43. The largest absolute Gasteiger partial charge is 0.456 e. The molecule has 6 heterocycles. The molecule has 3 aliphatic heterocycles. The summed E-state index contributed by atoms with van der Waals surface area (Å²) in [6.07, 6.45) is 0. The standard InChI is InChI=1S/C43H27NOS.2C43H27NS2/c1-2-12-27(13-3-1)33-24-29(26-39-42(33)32-16-6-10-20-38(32)45-39)44-28-22-23-41-37(25-28)43(36-19-9-11-21-40(36)46-41)34-17-7-4-14-30(34)31-15-5-8-18-35(31)43;1-2-12-27(13-3-1)29-16-10-17-32-33-18-11-22-38(42(33)46-41(29)32)44-28-24-25-40-37(26-28)43(36-21-8-9-23-39(36)45-40)34-19-6-4-14-30(34)31-15-5-7-20-35(31)43;1-2-11-27(12-3-1)28-21-23-32-33-15-10-19-38(42(33)46-41(32)25-28)44-29-22-24-40-37(26-29)43(36-18-8-9-20-39(36)45-40)34-16-6-4-13-30(34)31-14-5-7-17-35(31)43/h3*1-26,44H. The van der Waals surface area contributed by atoms with Gasteiger partial charge in [0.25, 0.3) is 0 Å². The molecular weight excluding hydrogens is 1770 g/mol. The number of nitrogens with one attached hydrogen (secondary N) is 3. The molecule has 648 valence electrons. The van der Waals surface area contributed by atoms with E-state index in [0.29, 0.717) is 0 Å². The van der Waals surface area contributed by atoms with Crippen molar-refractivity contribution in [2.24, 2.45) is 0 Å². The Hall–Kier alpha value is -15.7. The van der Waals surface area contributed by atoms with Gasteiger partial charge in [-0.15, -0.1) is 22.7 Å². The van der Waals surface area contributed by atoms with Crippen LogP contribution in [0.5, 0.6) is 0 Å². The monoisotopic (exact) mass is 1850 g/mol. The van der Waals surface area contributed by atoms with Crippen LogP contribution >= 0.6 is 58.0 Å². The molecule has 3 aliphatic carbocycles. The molecule has 6 aliphatic rings. The third-order valence-electron chi connectivity index (χ3n) is 29.2. The highest BCUT2D eigenvalue weighted by molar-refractivity contribution is 8.00. The van der Waals surface area contributed by atoms with E-state index in [0.717, 1.165) is 61.6 Å². The molecule has 3 aromatic heterocycles. The van der Waals surface area contributed by atoms with Crippen molar-refractivity contribution in [2.75, 3.05) is 16.0 Å². The van der Waals surface area contributed by atoms with E-state index in [1.54, 1.807) is 0 Å². The van der Waals surface area contributed by atoms with Crippen LogP contribution in [0.4, 0.5) is 34.1 Å². The topological polar surface area (TPSA) is 49.2 Å². The van der Waals surface area contributed by atoms with Gasteiger partial charge in [0.2, 0.25) is 0 Å². The molecule has 138 heavy (non-hydrogen) atoms. The van der Waals surface area contributed by atoms with E-state index in [-0.39, 0.29) is 10.8 Å². The normalized spacial score (nSPS) is 13.7. The Morgan fingerprint density at radius 3 is 0.978 bits per heavy atom. The maximum atomic E-state index is 6.43. The van der Waals surface area contributed by atoms with Crippen LogP contribution in [0.25, 0.3) is 129 Å². The Balaban J connectivity index is 0.000000102. The molecule has 21 aromatic carbocycles. The third-order valence-corrected chi connectivity index (χ3v) is 35.1. The van der Waals surface area contributed by atoms with Crippen LogP contribution in [-0.2, 0) is 16.2 Å². The molecule has 0 fully saturated rings. The van der Waals surface area contributed by atoms with Crippen molar-refractivity contribution in [2.45, 2.75) is 45.6 Å². The van der Waals surface area contributed by atoms with Gasteiger partial charge in [-0.2, -0.15) is 0 Å². The zero-order chi connectivity index (χ0) is 90.7. The number of hydrogen-bond donors (Lipinski definition) is 3. The molecule has 0 atom stereocenters. The van der Waals surface area contributed by atoms with Crippen molar-refractivity contribution < 1.29 is 4.42 Å². The molecule has 3 N–H and O–H groups in total. The number of para-hydroxylation sites is 1. The van der Waals surface area contributed by atoms with Gasteiger partial charge in [0.15, 0.2) is 0 Å². The van der Waals surface area contributed by atoms with Gasteiger partial charge in [-0.25, -0.2) is 0 Å². The van der Waals surface area contributed by atoms with Gasteiger partial charge >= 0.3 is 0 Å². The Labute approximate surface area is 820 Å². The maximum Gasteiger partial charge on any atom is 0.138 e. The van der Waals surface area contributed by atoms with Crippen LogP contribution in [0.1, 0.15) is 66.8 Å². The van der Waals surface area contributed by atoms with Crippen LogP contribution in [0.2, 0.25) is 0 Å². The molecule has 0 radical (unpaired) electrons. The summed E-state index contributed by atoms with van der Waals surface area (Å²) < 4.78 is 11.6. The summed E-state index contributed by atoms with van der Waals surface area (Å²) in [4.78, 5) is 7.87. The predicted octanol–water partition coefficient (Wildman–Crippen LogP) is 36.4. The predicted molar refractivity (Wildman–Crippen MR) is 582 cm³/mol. The van der Waals surface area contributed by atoms with Crippen molar-refractivity contribution in [1.82, 2.24) is 0 Å². The molecule has 9 heteroatoms. The Kier molecular flexibility index (Phi) is 18.9. The molecule has 24 aromatic rings. The highest BCUT2D eigenvalue weighted by atomic mass is 32.2. The van der Waals surface area contributed by atoms with E-state index in [9.17, 15) is 0 Å². The number of thiophene rings is 2. The first kappa shape index (κ1) is 80.7. The average Bonchev–Trinajstić information content (AvgIpc) is 0.877. The van der Waals surface area contributed by atoms with E-state index in [1.165, 1.54) is 198 Å². The summed E-state index contributed by atoms with van der Waals surface area (Å²) in [5.41, 5.74) is 38.7. The molecule has 3 spiro atoms. The quantitative estimate of drug-likeness (QED) is 0.133. The number of benzene rings is 21. The Bertz CT molecular complexity index is 9010. The minimum absolute atomic E-state index is 0.375. The lowest BCUT2D eigenvalue weighted by Gasteiger charge is -2.40. The van der Waals surface area contributed by atoms with Gasteiger partial charge in [0.05, 0.1) is 37.0 Å². The van der Waals surface area contributed by atoms with E-state index in [1.807, 2.05) is 70.1 Å². The smallest absolute Gasteiger partial charge is 0.138 e. The van der Waals surface area contributed by atoms with Crippen LogP contribution in [-0.4, -0.2) is 0 Å². The fourth-order valence-electron chi connectivity index (χ4n) is 23.5. The lowest BCUT2D eigenvalue weighted by atomic mass is 9.67. The summed E-state index contributed by atoms with van der Waals surface area (Å²) in [5.74, 6) is 0. The van der Waals surface area contributed by atoms with Gasteiger partial charge < -0.3 is 20.4 Å². The molecule has 0 amide bonds. The van der Waals surface area contributed by atoms with Crippen molar-refractivity contribution >= 4 is 154 Å². The van der Waals surface area contributed by atoms with Gasteiger partial charge in [-0.3, -0.25) is 0 Å². The number of fused-ring (bicyclic) bond motifs is 36. The zero-order valence-corrected chi connectivity index (χ0v) is 78.6. The first-order chi connectivity index (χ1) is 68.4. The second kappa shape index (κ2) is 32.3. The summed E-state index contributed by atoms with van der Waals surface area (Å²) in [5, 5.41) is 19.1. The highest BCUT2D eigenvalue weighted by Crippen LogP contribution is 2.67. The number of furan rings is 1. The molecule has 4 nitrogen and oxygen atoms in total. The number of rotatable bonds is 9. The van der Waals surface area contributed by atoms with E-state index in [2.05, 4.69) is 477 Å². The molecule has 30 rings (SSSR count). The minimum Gasteiger partial charge on any atom is -0.456 e. The van der Waals surface area contributed by atoms with Gasteiger partial charge in [0, 0.05) is 99.9 Å². The lowest BCUT2D eigenvalue weighted by molar-refractivity contribution is 0.669. The fraction of sp³-hybridized carbons (Fsp3) is 0.0233. The second-order valence-electron chi connectivity index (χ2n) is 36.4. The van der Waals surface area contributed by atoms with Crippen LogP contribution < -0.4 is 16.0 Å². The fourth-order valence-corrected chi connectivity index (χ4v) is 29.6. The van der Waals surface area contributed by atoms with Crippen molar-refractivity contribution in [3.05, 3.63) is 540 Å². The SMILES string of the molecule is c1ccc(-c2cc(Nc3ccc4c(c3)C3(c5ccccc5S4)c4ccccc4-c4ccccc43)cc3oc4ccccc4c23)cc1.c1ccc(-c2ccc3c(c2)sc2c(Nc4ccc5c(c4)C4(c6ccccc6S5)c5ccccc5-c5ccccc54)cccc23)cc1.c1ccc(-c2cccc3c2sc2c(Nc4ccc5c(c4)C4(c6ccccc6S5)c5ccccc5-c5ccccc54)cccc23)cc1. The zero-order valence-electron chi connectivity index (χ0n) is 74.5. The molecule has 0 bridgehead atoms. The van der Waals surface area contributed by atoms with Gasteiger partial charge in [0.1, 0.15) is 11.2 Å². The Morgan fingerprint density at radius 2 is 0.522 bits per heavy atom. The first-order valence-electron chi connectivity index (χ1n) is 47.0. The summed E-state index contributed by atoms with van der Waals surface area (Å²) in [6.45, 7) is 0. The first-order valence-corrected chi connectivity index (χ1v) is 51.1. The summed E-state index contributed by atoms with van der Waals surface area (Å²) in [7, 11) is 0. The second-order valence-corrected chi connectivity index (χ2v) is 41.7. The molecule has 0 unspecified atom stereocenters. The van der Waals surface area contributed by atoms with Crippen LogP contribution in [0.3, 0.4) is 0 Å². The van der Waals surface area contributed by atoms with Gasteiger partial charge in [-0.1, -0.05) is 399 Å². The average molecular weight is 1850 g/mol. The van der Waals surface area contributed by atoms with Crippen molar-refractivity contribution in [3.8, 4) is 66.8 Å². The molecular formula is C129H81N3OS5. The number of hydrogen-bond acceptors (Lipinski definition) is 9. The number of anilines is 6. The van der Waals surface area contributed by atoms with Crippen LogP contribution in [0, 0.1) is 0 Å². The van der Waals surface area contributed by atoms with Crippen LogP contribution in [0.15, 0.2) is 507 Å². The molecule has 0 saturated carbocycles.